The van der Waals surface area contributed by atoms with Crippen molar-refractivity contribution >= 4 is 24.2 Å². The number of ether oxygens (including phenoxy) is 1. The van der Waals surface area contributed by atoms with Gasteiger partial charge in [0.2, 0.25) is 0 Å². The second-order valence-electron chi connectivity index (χ2n) is 10.0. The molecule has 1 aromatic carbocycles. The minimum absolute atomic E-state index is 0.327. The predicted molar refractivity (Wildman–Crippen MR) is 117 cm³/mol. The summed E-state index contributed by atoms with van der Waals surface area (Å²) in [4.78, 5) is 15.2. The van der Waals surface area contributed by atoms with Crippen LogP contribution >= 0.6 is 0 Å². The highest BCUT2D eigenvalue weighted by atomic mass is 16.7. The van der Waals surface area contributed by atoms with E-state index in [-0.39, 0.29) is 5.97 Å². The largest absolute Gasteiger partial charge is 0.495 e. The second-order valence-corrected chi connectivity index (χ2v) is 10.0. The highest BCUT2D eigenvalue weighted by Gasteiger charge is 2.52. The minimum Gasteiger partial charge on any atom is -0.456 e. The van der Waals surface area contributed by atoms with Gasteiger partial charge >= 0.3 is 13.1 Å². The summed E-state index contributed by atoms with van der Waals surface area (Å²) in [6.07, 6.45) is 0. The van der Waals surface area contributed by atoms with Crippen molar-refractivity contribution in [3.63, 3.8) is 0 Å². The molecule has 29 heavy (non-hydrogen) atoms. The first-order chi connectivity index (χ1) is 13.3. The van der Waals surface area contributed by atoms with Gasteiger partial charge in [0.15, 0.2) is 0 Å². The van der Waals surface area contributed by atoms with E-state index in [4.69, 9.17) is 14.0 Å². The van der Waals surface area contributed by atoms with Crippen LogP contribution in [0.3, 0.4) is 0 Å². The van der Waals surface area contributed by atoms with Gasteiger partial charge in [-0.05, 0) is 78.5 Å². The molecule has 2 fully saturated rings. The Bertz CT molecular complexity index is 764. The Morgan fingerprint density at radius 3 is 2.17 bits per heavy atom. The zero-order valence-corrected chi connectivity index (χ0v) is 19.1. The van der Waals surface area contributed by atoms with Crippen LogP contribution in [0.25, 0.3) is 0 Å². The fourth-order valence-corrected chi connectivity index (χ4v) is 3.62. The average Bonchev–Trinajstić information content (AvgIpc) is 2.81. The molecule has 0 bridgehead atoms. The third-order valence-corrected chi connectivity index (χ3v) is 6.02. The van der Waals surface area contributed by atoms with Crippen LogP contribution in [0.2, 0.25) is 0 Å². The lowest BCUT2D eigenvalue weighted by Gasteiger charge is -2.32. The number of esters is 1. The van der Waals surface area contributed by atoms with Gasteiger partial charge in [-0.3, -0.25) is 0 Å². The third kappa shape index (κ3) is 4.62. The van der Waals surface area contributed by atoms with E-state index in [0.29, 0.717) is 5.56 Å². The number of carbonyl (C=O) groups excluding carboxylic acids is 1. The van der Waals surface area contributed by atoms with Gasteiger partial charge in [0, 0.05) is 31.9 Å². The molecule has 0 spiro atoms. The number of anilines is 1. The van der Waals surface area contributed by atoms with Crippen molar-refractivity contribution in [3.05, 3.63) is 23.3 Å². The van der Waals surface area contributed by atoms with E-state index in [9.17, 15) is 4.79 Å². The molecule has 1 N–H and O–H groups in total. The standard InChI is InChI=1S/C22H35BN2O4/c1-15-17(23-28-21(5,6)22(7,8)29-23)13-16(19(26)27-20(2,3)4)14-18(15)25-11-9-24-10-12-25/h13-14,24H,9-12H2,1-8H3. The van der Waals surface area contributed by atoms with E-state index in [1.54, 1.807) is 0 Å². The molecular weight excluding hydrogens is 367 g/mol. The fraction of sp³-hybridized carbons (Fsp3) is 0.682. The van der Waals surface area contributed by atoms with Gasteiger partial charge in [-0.2, -0.15) is 0 Å². The molecule has 3 rings (SSSR count). The number of piperazine rings is 1. The van der Waals surface area contributed by atoms with Gasteiger partial charge < -0.3 is 24.3 Å². The lowest BCUT2D eigenvalue weighted by atomic mass is 9.74. The van der Waals surface area contributed by atoms with Gasteiger partial charge in [0.05, 0.1) is 16.8 Å². The van der Waals surface area contributed by atoms with Crippen LogP contribution in [0.15, 0.2) is 12.1 Å². The average molecular weight is 402 g/mol. The highest BCUT2D eigenvalue weighted by Crippen LogP contribution is 2.37. The number of nitrogens with one attached hydrogen (secondary N) is 1. The first-order valence-electron chi connectivity index (χ1n) is 10.5. The number of rotatable bonds is 3. The Morgan fingerprint density at radius 2 is 1.66 bits per heavy atom. The van der Waals surface area contributed by atoms with Crippen molar-refractivity contribution < 1.29 is 18.8 Å². The van der Waals surface area contributed by atoms with E-state index in [1.165, 1.54) is 0 Å². The number of nitrogens with zero attached hydrogens (tertiary/aromatic N) is 1. The highest BCUT2D eigenvalue weighted by molar-refractivity contribution is 6.63. The maximum absolute atomic E-state index is 12.9. The van der Waals surface area contributed by atoms with Gasteiger partial charge in [-0.1, -0.05) is 0 Å². The number of benzene rings is 1. The maximum atomic E-state index is 12.9. The zero-order chi connectivity index (χ0) is 21.6. The smallest absolute Gasteiger partial charge is 0.456 e. The van der Waals surface area contributed by atoms with Crippen LogP contribution in [0.1, 0.15) is 64.4 Å². The molecule has 2 aliphatic heterocycles. The quantitative estimate of drug-likeness (QED) is 0.620. The molecule has 2 heterocycles. The molecular formula is C22H35BN2O4. The molecule has 0 aliphatic carbocycles. The zero-order valence-electron chi connectivity index (χ0n) is 19.1. The van der Waals surface area contributed by atoms with Crippen LogP contribution in [-0.2, 0) is 14.0 Å². The van der Waals surface area contributed by atoms with Gasteiger partial charge in [-0.25, -0.2) is 4.79 Å². The van der Waals surface area contributed by atoms with E-state index in [0.717, 1.165) is 42.9 Å². The lowest BCUT2D eigenvalue weighted by molar-refractivity contribution is 0.00578. The van der Waals surface area contributed by atoms with Gasteiger partial charge in [0.25, 0.3) is 0 Å². The number of hydrogen-bond donors (Lipinski definition) is 1. The molecule has 2 saturated heterocycles. The summed E-state index contributed by atoms with van der Waals surface area (Å²) in [5.74, 6) is -0.327. The maximum Gasteiger partial charge on any atom is 0.495 e. The van der Waals surface area contributed by atoms with Crippen LogP contribution in [0, 0.1) is 6.92 Å². The number of hydrogen-bond acceptors (Lipinski definition) is 6. The Balaban J connectivity index is 2.05. The van der Waals surface area contributed by atoms with Crippen LogP contribution in [0.5, 0.6) is 0 Å². The second kappa shape index (κ2) is 7.60. The van der Waals surface area contributed by atoms with Gasteiger partial charge in [-0.15, -0.1) is 0 Å². The molecule has 0 atom stereocenters. The summed E-state index contributed by atoms with van der Waals surface area (Å²) in [5.41, 5.74) is 2.10. The van der Waals surface area contributed by atoms with Crippen molar-refractivity contribution in [2.45, 2.75) is 72.2 Å². The Labute approximate surface area is 175 Å². The molecule has 1 aromatic rings. The lowest BCUT2D eigenvalue weighted by Crippen LogP contribution is -2.45. The van der Waals surface area contributed by atoms with Crippen molar-refractivity contribution in [1.82, 2.24) is 5.32 Å². The molecule has 7 heteroatoms. The Morgan fingerprint density at radius 1 is 1.10 bits per heavy atom. The monoisotopic (exact) mass is 402 g/mol. The molecule has 2 aliphatic rings. The van der Waals surface area contributed by atoms with E-state index in [1.807, 2.05) is 60.6 Å². The normalized spacial score (nSPS) is 21.4. The Hall–Kier alpha value is -1.57. The van der Waals surface area contributed by atoms with Crippen molar-refractivity contribution in [3.8, 4) is 0 Å². The summed E-state index contributed by atoms with van der Waals surface area (Å²) < 4.78 is 18.3. The molecule has 0 saturated carbocycles. The SMILES string of the molecule is Cc1c(B2OC(C)(C)C(C)(C)O2)cc(C(=O)OC(C)(C)C)cc1N1CCNCC1. The summed E-state index contributed by atoms with van der Waals surface area (Å²) in [5, 5.41) is 3.38. The summed E-state index contributed by atoms with van der Waals surface area (Å²) >= 11 is 0. The fourth-order valence-electron chi connectivity index (χ4n) is 3.62. The number of carbonyl (C=O) groups is 1. The Kier molecular flexibility index (Phi) is 5.80. The summed E-state index contributed by atoms with van der Waals surface area (Å²) in [7, 11) is -0.524. The molecule has 0 aromatic heterocycles. The van der Waals surface area contributed by atoms with Crippen molar-refractivity contribution in [1.29, 1.82) is 0 Å². The molecule has 0 radical (unpaired) electrons. The topological polar surface area (TPSA) is 60.0 Å². The predicted octanol–water partition coefficient (Wildman–Crippen LogP) is 2.66. The first kappa shape index (κ1) is 22.1. The van der Waals surface area contributed by atoms with E-state index < -0.39 is 23.9 Å². The van der Waals surface area contributed by atoms with Crippen molar-refractivity contribution in [2.75, 3.05) is 31.1 Å². The van der Waals surface area contributed by atoms with Crippen LogP contribution < -0.4 is 15.7 Å². The van der Waals surface area contributed by atoms with Crippen LogP contribution in [-0.4, -0.2) is 56.1 Å². The summed E-state index contributed by atoms with van der Waals surface area (Å²) in [6, 6.07) is 3.82. The molecule has 6 nitrogen and oxygen atoms in total. The third-order valence-electron chi connectivity index (χ3n) is 6.02. The first-order valence-corrected chi connectivity index (χ1v) is 10.5. The van der Waals surface area contributed by atoms with E-state index >= 15 is 0 Å². The van der Waals surface area contributed by atoms with E-state index in [2.05, 4.69) is 17.1 Å². The molecule has 0 amide bonds. The molecule has 160 valence electrons. The van der Waals surface area contributed by atoms with Gasteiger partial charge in [0.1, 0.15) is 5.60 Å². The van der Waals surface area contributed by atoms with Crippen LogP contribution in [0.4, 0.5) is 5.69 Å². The summed E-state index contributed by atoms with van der Waals surface area (Å²) in [6.45, 7) is 19.5. The molecule has 0 unspecified atom stereocenters. The minimum atomic E-state index is -0.554. The van der Waals surface area contributed by atoms with Crippen molar-refractivity contribution in [2.24, 2.45) is 0 Å².